The first-order valence-electron chi connectivity index (χ1n) is 6.63. The quantitative estimate of drug-likeness (QED) is 0.583. The van der Waals surface area contributed by atoms with Crippen LogP contribution in [0.3, 0.4) is 0 Å². The molecule has 0 aliphatic heterocycles. The normalized spacial score (nSPS) is 11.8. The van der Waals surface area contributed by atoms with Gasteiger partial charge in [-0.15, -0.1) is 22.7 Å². The monoisotopic (exact) mass is 362 g/mol. The van der Waals surface area contributed by atoms with E-state index in [1.165, 1.54) is 11.3 Å². The van der Waals surface area contributed by atoms with E-state index in [2.05, 4.69) is 9.71 Å². The zero-order chi connectivity index (χ0) is 15.9. The number of aromatic nitrogens is 1. The first-order chi connectivity index (χ1) is 11.1. The number of rotatable bonds is 4. The van der Waals surface area contributed by atoms with Crippen molar-refractivity contribution in [3.63, 3.8) is 0 Å². The number of furan rings is 1. The summed E-state index contributed by atoms with van der Waals surface area (Å²) in [5.41, 5.74) is 1.38. The maximum Gasteiger partial charge on any atom is 0.273 e. The topological polar surface area (TPSA) is 72.2 Å². The zero-order valence-corrected chi connectivity index (χ0v) is 14.0. The van der Waals surface area contributed by atoms with E-state index in [-0.39, 0.29) is 4.21 Å². The Kier molecular flexibility index (Phi) is 3.44. The third kappa shape index (κ3) is 2.76. The van der Waals surface area contributed by atoms with E-state index < -0.39 is 10.0 Å². The molecule has 0 unspecified atom stereocenters. The van der Waals surface area contributed by atoms with E-state index in [4.69, 9.17) is 4.42 Å². The van der Waals surface area contributed by atoms with Gasteiger partial charge >= 0.3 is 0 Å². The Morgan fingerprint density at radius 2 is 1.96 bits per heavy atom. The van der Waals surface area contributed by atoms with Crippen LogP contribution in [0.1, 0.15) is 0 Å². The number of benzene rings is 1. The largest absolute Gasteiger partial charge is 0.454 e. The number of thiazole rings is 1. The van der Waals surface area contributed by atoms with Crippen LogP contribution in [0.15, 0.2) is 61.9 Å². The van der Waals surface area contributed by atoms with E-state index in [9.17, 15) is 8.42 Å². The summed E-state index contributed by atoms with van der Waals surface area (Å²) in [7, 11) is -3.58. The van der Waals surface area contributed by atoms with Crippen molar-refractivity contribution < 1.29 is 12.8 Å². The number of para-hydroxylation sites is 1. The fourth-order valence-corrected chi connectivity index (χ4v) is 5.07. The Morgan fingerprint density at radius 1 is 1.09 bits per heavy atom. The minimum Gasteiger partial charge on any atom is -0.454 e. The number of nitrogens with one attached hydrogen (secondary N) is 1. The standard InChI is InChI=1S/C15H10N2O3S3/c18-23(19,14-6-3-7-21-14)17-15-16-11(9-22-15)13-8-10-4-1-2-5-12(10)20-13/h1-9H,(H,16,17). The number of fused-ring (bicyclic) bond motifs is 1. The van der Waals surface area contributed by atoms with E-state index in [1.807, 2.05) is 30.3 Å². The van der Waals surface area contributed by atoms with Crippen molar-refractivity contribution in [3.8, 4) is 11.5 Å². The molecule has 116 valence electrons. The molecule has 0 saturated carbocycles. The van der Waals surface area contributed by atoms with Crippen LogP contribution in [0.25, 0.3) is 22.4 Å². The van der Waals surface area contributed by atoms with Gasteiger partial charge in [0.05, 0.1) is 0 Å². The zero-order valence-electron chi connectivity index (χ0n) is 11.6. The lowest BCUT2D eigenvalue weighted by Crippen LogP contribution is -2.11. The van der Waals surface area contributed by atoms with Crippen molar-refractivity contribution in [3.05, 3.63) is 53.2 Å². The van der Waals surface area contributed by atoms with Crippen LogP contribution in [0.5, 0.6) is 0 Å². The van der Waals surface area contributed by atoms with Crippen molar-refractivity contribution in [1.29, 1.82) is 0 Å². The van der Waals surface area contributed by atoms with Crippen molar-refractivity contribution in [1.82, 2.24) is 4.98 Å². The van der Waals surface area contributed by atoms with Crippen molar-refractivity contribution in [2.75, 3.05) is 4.72 Å². The molecule has 1 N–H and O–H groups in total. The number of hydrogen-bond acceptors (Lipinski definition) is 6. The van der Waals surface area contributed by atoms with Gasteiger partial charge in [0, 0.05) is 10.8 Å². The second-order valence-electron chi connectivity index (χ2n) is 4.72. The molecule has 3 aromatic heterocycles. The van der Waals surface area contributed by atoms with Gasteiger partial charge in [-0.05, 0) is 23.6 Å². The molecule has 5 nitrogen and oxygen atoms in total. The van der Waals surface area contributed by atoms with Crippen molar-refractivity contribution in [2.24, 2.45) is 0 Å². The molecular formula is C15H10N2O3S3. The minimum absolute atomic E-state index is 0.262. The number of anilines is 1. The van der Waals surface area contributed by atoms with Crippen molar-refractivity contribution in [2.45, 2.75) is 4.21 Å². The second kappa shape index (κ2) is 5.48. The van der Waals surface area contributed by atoms with Crippen LogP contribution < -0.4 is 4.72 Å². The second-order valence-corrected chi connectivity index (χ2v) is 8.44. The summed E-state index contributed by atoms with van der Waals surface area (Å²) in [6, 6.07) is 12.8. The van der Waals surface area contributed by atoms with Crippen molar-refractivity contribution >= 4 is 48.8 Å². The van der Waals surface area contributed by atoms with Gasteiger partial charge in [0.1, 0.15) is 15.5 Å². The average molecular weight is 362 g/mol. The summed E-state index contributed by atoms with van der Waals surface area (Å²) in [6.07, 6.45) is 0. The van der Waals surface area contributed by atoms with E-state index in [1.54, 1.807) is 22.9 Å². The summed E-state index contributed by atoms with van der Waals surface area (Å²) in [5.74, 6) is 0.615. The lowest BCUT2D eigenvalue weighted by molar-refractivity contribution is 0.603. The molecule has 0 aliphatic carbocycles. The molecular weight excluding hydrogens is 352 g/mol. The number of thiophene rings is 1. The third-order valence-corrected chi connectivity index (χ3v) is 6.79. The number of sulfonamides is 1. The van der Waals surface area contributed by atoms with Crippen LogP contribution >= 0.6 is 22.7 Å². The first-order valence-corrected chi connectivity index (χ1v) is 9.87. The fraction of sp³-hybridized carbons (Fsp3) is 0. The van der Waals surface area contributed by atoms with Gasteiger partial charge in [-0.25, -0.2) is 13.4 Å². The van der Waals surface area contributed by atoms with E-state index in [0.29, 0.717) is 16.6 Å². The predicted molar refractivity (Wildman–Crippen MR) is 92.4 cm³/mol. The van der Waals surface area contributed by atoms with Gasteiger partial charge < -0.3 is 4.42 Å². The molecule has 0 spiro atoms. The van der Waals surface area contributed by atoms with Crippen LogP contribution in [0, 0.1) is 0 Å². The SMILES string of the molecule is O=S(=O)(Nc1nc(-c2cc3ccccc3o2)cs1)c1cccs1. The van der Waals surface area contributed by atoms with E-state index in [0.717, 1.165) is 22.3 Å². The highest BCUT2D eigenvalue weighted by molar-refractivity contribution is 7.94. The van der Waals surface area contributed by atoms with Crippen LogP contribution in [0.2, 0.25) is 0 Å². The molecule has 4 rings (SSSR count). The number of hydrogen-bond donors (Lipinski definition) is 1. The first kappa shape index (κ1) is 14.4. The van der Waals surface area contributed by atoms with Gasteiger partial charge in [-0.1, -0.05) is 24.3 Å². The molecule has 1 aromatic carbocycles. The smallest absolute Gasteiger partial charge is 0.273 e. The molecule has 4 aromatic rings. The summed E-state index contributed by atoms with van der Waals surface area (Å²) < 4.78 is 32.9. The molecule has 0 amide bonds. The number of nitrogens with zero attached hydrogens (tertiary/aromatic N) is 1. The molecule has 0 aliphatic rings. The minimum atomic E-state index is -3.58. The molecule has 0 bridgehead atoms. The highest BCUT2D eigenvalue weighted by Crippen LogP contribution is 2.31. The fourth-order valence-electron chi connectivity index (χ4n) is 2.12. The Hall–Kier alpha value is -2.16. The third-order valence-electron chi connectivity index (χ3n) is 3.16. The van der Waals surface area contributed by atoms with Crippen LogP contribution in [-0.2, 0) is 10.0 Å². The molecule has 0 saturated heterocycles. The lowest BCUT2D eigenvalue weighted by Gasteiger charge is -2.01. The van der Waals surface area contributed by atoms with Gasteiger partial charge in [0.2, 0.25) is 0 Å². The lowest BCUT2D eigenvalue weighted by atomic mass is 10.2. The molecule has 0 fully saturated rings. The average Bonchev–Trinajstić information content (AvgIpc) is 3.26. The molecule has 0 radical (unpaired) electrons. The molecule has 23 heavy (non-hydrogen) atoms. The highest BCUT2D eigenvalue weighted by Gasteiger charge is 2.18. The highest BCUT2D eigenvalue weighted by atomic mass is 32.2. The predicted octanol–water partition coefficient (Wildman–Crippen LogP) is 4.42. The maximum absolute atomic E-state index is 12.2. The Morgan fingerprint density at radius 3 is 2.74 bits per heavy atom. The van der Waals surface area contributed by atoms with Gasteiger partial charge in [0.25, 0.3) is 10.0 Å². The maximum atomic E-state index is 12.2. The molecule has 8 heteroatoms. The van der Waals surface area contributed by atoms with Crippen LogP contribution in [0.4, 0.5) is 5.13 Å². The molecule has 0 atom stereocenters. The summed E-state index contributed by atoms with van der Waals surface area (Å²) >= 11 is 2.38. The molecule has 3 heterocycles. The Balaban J connectivity index is 1.64. The van der Waals surface area contributed by atoms with Gasteiger partial charge in [-0.3, -0.25) is 4.72 Å². The summed E-state index contributed by atoms with van der Waals surface area (Å²) in [6.45, 7) is 0. The Bertz CT molecular complexity index is 1030. The van der Waals surface area contributed by atoms with Gasteiger partial charge in [0.15, 0.2) is 10.9 Å². The van der Waals surface area contributed by atoms with Gasteiger partial charge in [-0.2, -0.15) is 0 Å². The Labute approximate surface area is 140 Å². The summed E-state index contributed by atoms with van der Waals surface area (Å²) in [4.78, 5) is 4.31. The summed E-state index contributed by atoms with van der Waals surface area (Å²) in [5, 5.41) is 4.78. The van der Waals surface area contributed by atoms with E-state index >= 15 is 0 Å². The van der Waals surface area contributed by atoms with Crippen LogP contribution in [-0.4, -0.2) is 13.4 Å².